The molecule has 80 valence electrons. The van der Waals surface area contributed by atoms with Gasteiger partial charge in [0.2, 0.25) is 0 Å². The third kappa shape index (κ3) is 3.61. The normalized spacial score (nSPS) is 12.1. The van der Waals surface area contributed by atoms with Crippen molar-refractivity contribution in [2.75, 3.05) is 5.88 Å². The molecule has 0 aliphatic rings. The third-order valence-electron chi connectivity index (χ3n) is 1.93. The number of alkyl halides is 1. The summed E-state index contributed by atoms with van der Waals surface area (Å²) in [6, 6.07) is 7.63. The molecule has 0 spiro atoms. The summed E-state index contributed by atoms with van der Waals surface area (Å²) >= 11 is 13.2. The van der Waals surface area contributed by atoms with Crippen LogP contribution in [0.5, 0.6) is 0 Å². The van der Waals surface area contributed by atoms with Crippen LogP contribution in [0, 0.1) is 11.3 Å². The van der Waals surface area contributed by atoms with E-state index in [1.165, 1.54) is 0 Å². The van der Waals surface area contributed by atoms with Crippen molar-refractivity contribution in [1.82, 2.24) is 0 Å². The van der Waals surface area contributed by atoms with E-state index < -0.39 is 0 Å². The van der Waals surface area contributed by atoms with E-state index in [1.54, 1.807) is 17.8 Å². The van der Waals surface area contributed by atoms with Crippen LogP contribution in [0.3, 0.4) is 0 Å². The first-order chi connectivity index (χ1) is 7.19. The van der Waals surface area contributed by atoms with Crippen molar-refractivity contribution >= 4 is 35.0 Å². The number of nitrogens with zero attached hydrogens (tertiary/aromatic N) is 1. The topological polar surface area (TPSA) is 23.8 Å². The molecule has 0 saturated carbocycles. The van der Waals surface area contributed by atoms with Crippen LogP contribution in [0.15, 0.2) is 23.1 Å². The lowest BCUT2D eigenvalue weighted by Crippen LogP contribution is -1.97. The molecule has 0 aromatic heterocycles. The van der Waals surface area contributed by atoms with E-state index in [2.05, 4.69) is 13.0 Å². The molecule has 1 rings (SSSR count). The zero-order valence-electron chi connectivity index (χ0n) is 8.34. The minimum absolute atomic E-state index is 0.396. The summed E-state index contributed by atoms with van der Waals surface area (Å²) in [6.45, 7) is 2.09. The monoisotopic (exact) mass is 259 g/mol. The fourth-order valence-corrected chi connectivity index (χ4v) is 2.97. The second kappa shape index (κ2) is 6.27. The van der Waals surface area contributed by atoms with Crippen LogP contribution in [-0.4, -0.2) is 11.1 Å². The van der Waals surface area contributed by atoms with Gasteiger partial charge in [-0.1, -0.05) is 24.6 Å². The van der Waals surface area contributed by atoms with E-state index in [1.807, 2.05) is 12.1 Å². The van der Waals surface area contributed by atoms with Gasteiger partial charge >= 0.3 is 0 Å². The summed E-state index contributed by atoms with van der Waals surface area (Å²) in [5, 5.41) is 9.88. The molecule has 1 aromatic carbocycles. The Hall–Kier alpha value is -0.360. The Kier molecular flexibility index (Phi) is 5.31. The van der Waals surface area contributed by atoms with Gasteiger partial charge in [-0.2, -0.15) is 5.26 Å². The summed E-state index contributed by atoms with van der Waals surface area (Å²) < 4.78 is 0. The van der Waals surface area contributed by atoms with E-state index in [-0.39, 0.29) is 0 Å². The lowest BCUT2D eigenvalue weighted by molar-refractivity contribution is 0.912. The van der Waals surface area contributed by atoms with Gasteiger partial charge in [-0.05, 0) is 18.6 Å². The Labute approximate surface area is 104 Å². The van der Waals surface area contributed by atoms with Gasteiger partial charge in [0.25, 0.3) is 0 Å². The average molecular weight is 260 g/mol. The number of nitriles is 1. The van der Waals surface area contributed by atoms with Crippen LogP contribution >= 0.6 is 35.0 Å². The average Bonchev–Trinajstić information content (AvgIpc) is 2.18. The highest BCUT2D eigenvalue weighted by Gasteiger charge is 2.10. The molecule has 1 unspecified atom stereocenters. The Morgan fingerprint density at radius 3 is 2.87 bits per heavy atom. The molecule has 15 heavy (non-hydrogen) atoms. The van der Waals surface area contributed by atoms with Gasteiger partial charge in [0.1, 0.15) is 6.07 Å². The fourth-order valence-electron chi connectivity index (χ4n) is 1.14. The van der Waals surface area contributed by atoms with Crippen molar-refractivity contribution in [1.29, 1.82) is 5.26 Å². The quantitative estimate of drug-likeness (QED) is 0.594. The van der Waals surface area contributed by atoms with E-state index in [0.29, 0.717) is 21.7 Å². The number of halogens is 2. The van der Waals surface area contributed by atoms with Gasteiger partial charge < -0.3 is 0 Å². The fraction of sp³-hybridized carbons (Fsp3) is 0.364. The molecule has 0 saturated heterocycles. The maximum absolute atomic E-state index is 8.97. The standard InChI is InChI=1S/C11H11Cl2NS/c1-8(5-6-12)15-11-4-2-3-10(13)9(11)7-14/h2-4,8H,5-6H2,1H3. The Morgan fingerprint density at radius 1 is 1.53 bits per heavy atom. The van der Waals surface area contributed by atoms with E-state index in [4.69, 9.17) is 28.5 Å². The van der Waals surface area contributed by atoms with Gasteiger partial charge in [-0.3, -0.25) is 0 Å². The van der Waals surface area contributed by atoms with Crippen molar-refractivity contribution in [2.45, 2.75) is 23.5 Å². The van der Waals surface area contributed by atoms with Crippen LogP contribution in [-0.2, 0) is 0 Å². The van der Waals surface area contributed by atoms with Crippen LogP contribution in [0.2, 0.25) is 5.02 Å². The number of benzene rings is 1. The number of hydrogen-bond donors (Lipinski definition) is 0. The van der Waals surface area contributed by atoms with Crippen LogP contribution in [0.4, 0.5) is 0 Å². The lowest BCUT2D eigenvalue weighted by atomic mass is 10.2. The predicted octanol–water partition coefficient (Wildman–Crippen LogP) is 4.32. The van der Waals surface area contributed by atoms with Gasteiger partial charge in [-0.25, -0.2) is 0 Å². The van der Waals surface area contributed by atoms with Crippen LogP contribution in [0.1, 0.15) is 18.9 Å². The summed E-state index contributed by atoms with van der Waals surface area (Å²) in [7, 11) is 0. The lowest BCUT2D eigenvalue weighted by Gasteiger charge is -2.10. The highest BCUT2D eigenvalue weighted by Crippen LogP contribution is 2.31. The molecule has 1 nitrogen and oxygen atoms in total. The molecule has 1 aromatic rings. The Morgan fingerprint density at radius 2 is 2.27 bits per heavy atom. The second-order valence-electron chi connectivity index (χ2n) is 3.13. The van der Waals surface area contributed by atoms with Gasteiger partial charge in [0.15, 0.2) is 0 Å². The summed E-state index contributed by atoms with van der Waals surface area (Å²) in [4.78, 5) is 0.933. The van der Waals surface area contributed by atoms with Crippen molar-refractivity contribution in [3.63, 3.8) is 0 Å². The first-order valence-corrected chi connectivity index (χ1v) is 6.39. The van der Waals surface area contributed by atoms with Crippen LogP contribution in [0.25, 0.3) is 0 Å². The first kappa shape index (κ1) is 12.7. The highest BCUT2D eigenvalue weighted by atomic mass is 35.5. The molecule has 4 heteroatoms. The molecule has 0 aliphatic heterocycles. The van der Waals surface area contributed by atoms with Gasteiger partial charge in [-0.15, -0.1) is 23.4 Å². The van der Waals surface area contributed by atoms with Crippen molar-refractivity contribution in [2.24, 2.45) is 0 Å². The molecule has 0 amide bonds. The van der Waals surface area contributed by atoms with E-state index in [0.717, 1.165) is 11.3 Å². The van der Waals surface area contributed by atoms with E-state index >= 15 is 0 Å². The molecular formula is C11H11Cl2NS. The largest absolute Gasteiger partial charge is 0.192 e. The molecule has 0 N–H and O–H groups in total. The molecule has 0 fully saturated rings. The van der Waals surface area contributed by atoms with Gasteiger partial charge in [0.05, 0.1) is 10.6 Å². The third-order valence-corrected chi connectivity index (χ3v) is 3.70. The summed E-state index contributed by atoms with van der Waals surface area (Å²) in [6.07, 6.45) is 0.920. The minimum atomic E-state index is 0.396. The Balaban J connectivity index is 2.86. The molecule has 0 radical (unpaired) electrons. The summed E-state index contributed by atoms with van der Waals surface area (Å²) in [5.74, 6) is 0.636. The smallest absolute Gasteiger partial charge is 0.102 e. The number of thioether (sulfide) groups is 1. The number of rotatable bonds is 4. The molecule has 0 bridgehead atoms. The zero-order valence-corrected chi connectivity index (χ0v) is 10.7. The van der Waals surface area contributed by atoms with Crippen molar-refractivity contribution in [3.05, 3.63) is 28.8 Å². The van der Waals surface area contributed by atoms with Crippen molar-refractivity contribution < 1.29 is 0 Å². The molecular weight excluding hydrogens is 249 g/mol. The number of hydrogen-bond acceptors (Lipinski definition) is 2. The maximum atomic E-state index is 8.97. The predicted molar refractivity (Wildman–Crippen MR) is 66.8 cm³/mol. The second-order valence-corrected chi connectivity index (χ2v) is 5.40. The highest BCUT2D eigenvalue weighted by molar-refractivity contribution is 8.00. The van der Waals surface area contributed by atoms with E-state index in [9.17, 15) is 0 Å². The van der Waals surface area contributed by atoms with Crippen LogP contribution < -0.4 is 0 Å². The summed E-state index contributed by atoms with van der Waals surface area (Å²) in [5.41, 5.74) is 0.561. The maximum Gasteiger partial charge on any atom is 0.102 e. The molecule has 0 heterocycles. The first-order valence-electron chi connectivity index (χ1n) is 4.60. The minimum Gasteiger partial charge on any atom is -0.192 e. The van der Waals surface area contributed by atoms with Crippen molar-refractivity contribution in [3.8, 4) is 6.07 Å². The van der Waals surface area contributed by atoms with Gasteiger partial charge in [0, 0.05) is 16.0 Å². The zero-order chi connectivity index (χ0) is 11.3. The molecule has 0 aliphatic carbocycles. The molecule has 1 atom stereocenters. The SMILES string of the molecule is CC(CCCl)Sc1cccc(Cl)c1C#N. The Bertz CT molecular complexity index is 373.